The van der Waals surface area contributed by atoms with Crippen molar-refractivity contribution in [3.8, 4) is 17.5 Å². The maximum Gasteiger partial charge on any atom is 0.275 e. The smallest absolute Gasteiger partial charge is 0.275 e. The Morgan fingerprint density at radius 1 is 1.35 bits per heavy atom. The summed E-state index contributed by atoms with van der Waals surface area (Å²) >= 11 is 0. The summed E-state index contributed by atoms with van der Waals surface area (Å²) in [5, 5.41) is 22.3. The summed E-state index contributed by atoms with van der Waals surface area (Å²) in [6.07, 6.45) is -0.0454. The molecule has 0 aliphatic carbocycles. The molecule has 5 nitrogen and oxygen atoms in total. The first kappa shape index (κ1) is 13.8. The maximum absolute atomic E-state index is 11.9. The van der Waals surface area contributed by atoms with Gasteiger partial charge in [0.1, 0.15) is 11.4 Å². The molecule has 0 saturated carbocycles. The van der Waals surface area contributed by atoms with E-state index in [4.69, 9.17) is 5.26 Å². The van der Waals surface area contributed by atoms with Crippen molar-refractivity contribution in [2.24, 2.45) is 0 Å². The fraction of sp³-hybridized carbons (Fsp3) is 0.267. The maximum atomic E-state index is 11.9. The van der Waals surface area contributed by atoms with E-state index in [9.17, 15) is 9.90 Å². The van der Waals surface area contributed by atoms with E-state index >= 15 is 0 Å². The fourth-order valence-electron chi connectivity index (χ4n) is 1.87. The topological polar surface area (TPSA) is 78.9 Å². The van der Waals surface area contributed by atoms with Crippen molar-refractivity contribution in [1.29, 1.82) is 5.26 Å². The second kappa shape index (κ2) is 5.57. The van der Waals surface area contributed by atoms with Crippen molar-refractivity contribution in [1.82, 2.24) is 9.78 Å². The monoisotopic (exact) mass is 269 g/mol. The molecule has 20 heavy (non-hydrogen) atoms. The standard InChI is InChI=1S/C15H15N3O2/c1-10(2)11-3-5-12(6-4-11)18-15(20)9-14(19)13(17-18)7-8-16/h3-6,9-10,19H,7H2,1-2H3. The van der Waals surface area contributed by atoms with Crippen LogP contribution in [-0.2, 0) is 6.42 Å². The molecular weight excluding hydrogens is 254 g/mol. The summed E-state index contributed by atoms with van der Waals surface area (Å²) in [6.45, 7) is 4.18. The first-order valence-corrected chi connectivity index (χ1v) is 6.32. The normalized spacial score (nSPS) is 10.5. The largest absolute Gasteiger partial charge is 0.506 e. The molecule has 0 aliphatic heterocycles. The van der Waals surface area contributed by atoms with Crippen LogP contribution in [0.5, 0.6) is 5.75 Å². The lowest BCUT2D eigenvalue weighted by molar-refractivity contribution is 0.459. The van der Waals surface area contributed by atoms with Crippen LogP contribution in [0.15, 0.2) is 35.1 Å². The van der Waals surface area contributed by atoms with Crippen LogP contribution < -0.4 is 5.56 Å². The van der Waals surface area contributed by atoms with E-state index < -0.39 is 5.56 Å². The van der Waals surface area contributed by atoms with Gasteiger partial charge in [-0.15, -0.1) is 0 Å². The number of nitriles is 1. The van der Waals surface area contributed by atoms with Crippen LogP contribution in [0.1, 0.15) is 31.0 Å². The highest BCUT2D eigenvalue weighted by Crippen LogP contribution is 2.17. The van der Waals surface area contributed by atoms with Gasteiger partial charge in [0.15, 0.2) is 0 Å². The molecule has 1 heterocycles. The molecule has 0 radical (unpaired) electrons. The number of hydrogen-bond acceptors (Lipinski definition) is 4. The zero-order valence-electron chi connectivity index (χ0n) is 11.4. The van der Waals surface area contributed by atoms with Gasteiger partial charge >= 0.3 is 0 Å². The number of aromatic hydroxyl groups is 1. The SMILES string of the molecule is CC(C)c1ccc(-n2nc(CC#N)c(O)cc2=O)cc1. The second-order valence-electron chi connectivity index (χ2n) is 4.81. The Morgan fingerprint density at radius 3 is 2.55 bits per heavy atom. The predicted molar refractivity (Wildman–Crippen MR) is 74.9 cm³/mol. The zero-order chi connectivity index (χ0) is 14.7. The molecule has 0 amide bonds. The summed E-state index contributed by atoms with van der Waals surface area (Å²) in [6, 6.07) is 10.5. The van der Waals surface area contributed by atoms with Gasteiger partial charge in [0.2, 0.25) is 0 Å². The zero-order valence-corrected chi connectivity index (χ0v) is 11.4. The Kier molecular flexibility index (Phi) is 3.85. The number of nitrogens with zero attached hydrogens (tertiary/aromatic N) is 3. The van der Waals surface area contributed by atoms with Crippen LogP contribution in [0.25, 0.3) is 5.69 Å². The highest BCUT2D eigenvalue weighted by Gasteiger charge is 2.09. The van der Waals surface area contributed by atoms with Crippen molar-refractivity contribution < 1.29 is 5.11 Å². The molecule has 1 N–H and O–H groups in total. The van der Waals surface area contributed by atoms with Crippen molar-refractivity contribution in [3.63, 3.8) is 0 Å². The van der Waals surface area contributed by atoms with Gasteiger partial charge in [-0.2, -0.15) is 15.0 Å². The molecule has 0 fully saturated rings. The third kappa shape index (κ3) is 2.69. The molecular formula is C15H15N3O2. The first-order valence-electron chi connectivity index (χ1n) is 6.32. The fourth-order valence-corrected chi connectivity index (χ4v) is 1.87. The molecule has 0 unspecified atom stereocenters. The van der Waals surface area contributed by atoms with E-state index in [1.54, 1.807) is 12.1 Å². The third-order valence-corrected chi connectivity index (χ3v) is 3.04. The number of hydrogen-bond donors (Lipinski definition) is 1. The van der Waals surface area contributed by atoms with E-state index in [-0.39, 0.29) is 17.9 Å². The molecule has 0 bridgehead atoms. The Morgan fingerprint density at radius 2 is 2.00 bits per heavy atom. The molecule has 1 aromatic carbocycles. The molecule has 2 rings (SSSR count). The summed E-state index contributed by atoms with van der Waals surface area (Å²) in [5.74, 6) is 0.161. The minimum Gasteiger partial charge on any atom is -0.506 e. The van der Waals surface area contributed by atoms with Crippen molar-refractivity contribution >= 4 is 0 Å². The number of benzene rings is 1. The van der Waals surface area contributed by atoms with Gasteiger partial charge < -0.3 is 5.11 Å². The summed E-state index contributed by atoms with van der Waals surface area (Å²) < 4.78 is 1.19. The Balaban J connectivity index is 2.49. The van der Waals surface area contributed by atoms with Crippen LogP contribution in [0, 0.1) is 11.3 Å². The Labute approximate surface area is 116 Å². The van der Waals surface area contributed by atoms with Gasteiger partial charge in [-0.3, -0.25) is 4.79 Å². The van der Waals surface area contributed by atoms with E-state index in [1.807, 2.05) is 18.2 Å². The second-order valence-corrected chi connectivity index (χ2v) is 4.81. The Bertz CT molecular complexity index is 709. The molecule has 0 spiro atoms. The third-order valence-electron chi connectivity index (χ3n) is 3.04. The van der Waals surface area contributed by atoms with Gasteiger partial charge in [0.05, 0.1) is 18.2 Å². The highest BCUT2D eigenvalue weighted by atomic mass is 16.3. The Hall–Kier alpha value is -2.61. The lowest BCUT2D eigenvalue weighted by atomic mass is 10.0. The molecule has 0 atom stereocenters. The summed E-state index contributed by atoms with van der Waals surface area (Å²) in [4.78, 5) is 11.9. The highest BCUT2D eigenvalue weighted by molar-refractivity contribution is 5.36. The molecule has 5 heteroatoms. The average molecular weight is 269 g/mol. The summed E-state index contributed by atoms with van der Waals surface area (Å²) in [7, 11) is 0. The van der Waals surface area contributed by atoms with Crippen molar-refractivity contribution in [2.45, 2.75) is 26.2 Å². The van der Waals surface area contributed by atoms with E-state index in [1.165, 1.54) is 4.68 Å². The van der Waals surface area contributed by atoms with Crippen molar-refractivity contribution in [2.75, 3.05) is 0 Å². The molecule has 0 saturated heterocycles. The van der Waals surface area contributed by atoms with E-state index in [2.05, 4.69) is 18.9 Å². The minimum atomic E-state index is -0.429. The van der Waals surface area contributed by atoms with Crippen LogP contribution in [0.2, 0.25) is 0 Å². The lowest BCUT2D eigenvalue weighted by Crippen LogP contribution is -2.21. The molecule has 1 aromatic heterocycles. The van der Waals surface area contributed by atoms with E-state index in [0.717, 1.165) is 11.6 Å². The van der Waals surface area contributed by atoms with Gasteiger partial charge in [-0.25, -0.2) is 0 Å². The minimum absolute atomic E-state index is 0.0454. The van der Waals surface area contributed by atoms with Gasteiger partial charge in [0.25, 0.3) is 5.56 Å². The predicted octanol–water partition coefficient (Wildman–Crippen LogP) is 2.13. The van der Waals surface area contributed by atoms with Crippen LogP contribution in [0.4, 0.5) is 0 Å². The van der Waals surface area contributed by atoms with E-state index in [0.29, 0.717) is 11.6 Å². The average Bonchev–Trinajstić information content (AvgIpc) is 2.42. The first-order chi connectivity index (χ1) is 9.52. The van der Waals surface area contributed by atoms with Gasteiger partial charge in [-0.05, 0) is 23.6 Å². The lowest BCUT2D eigenvalue weighted by Gasteiger charge is -2.09. The van der Waals surface area contributed by atoms with Crippen LogP contribution in [0.3, 0.4) is 0 Å². The van der Waals surface area contributed by atoms with Gasteiger partial charge in [-0.1, -0.05) is 26.0 Å². The van der Waals surface area contributed by atoms with Crippen LogP contribution in [-0.4, -0.2) is 14.9 Å². The quantitative estimate of drug-likeness (QED) is 0.925. The molecule has 102 valence electrons. The summed E-state index contributed by atoms with van der Waals surface area (Å²) in [5.41, 5.74) is 1.54. The van der Waals surface area contributed by atoms with Crippen molar-refractivity contribution in [3.05, 3.63) is 51.9 Å². The van der Waals surface area contributed by atoms with Crippen LogP contribution >= 0.6 is 0 Å². The van der Waals surface area contributed by atoms with Gasteiger partial charge in [0, 0.05) is 6.07 Å². The molecule has 0 aliphatic rings. The molecule has 2 aromatic rings. The number of aromatic nitrogens is 2. The number of rotatable bonds is 3.